The molecule has 0 saturated carbocycles. The summed E-state index contributed by atoms with van der Waals surface area (Å²) < 4.78 is 97.5. The van der Waals surface area contributed by atoms with Gasteiger partial charge in [-0.2, -0.15) is 0 Å². The number of alkyl halides is 6. The van der Waals surface area contributed by atoms with Crippen LogP contribution in [0.2, 0.25) is 0 Å². The molecule has 0 saturated heterocycles. The van der Waals surface area contributed by atoms with Gasteiger partial charge in [-0.3, -0.25) is 0 Å². The first-order valence-corrected chi connectivity index (χ1v) is 6.36. The molecule has 104 valence electrons. The molecular formula is C8H12F6O2S. The van der Waals surface area contributed by atoms with Gasteiger partial charge in [0, 0.05) is 0 Å². The standard InChI is InChI=1S/C8H12F6O2S/c1-5(9)7(11,12)3-17(15,16)4-8(13,14)6(2)10/h5-6H,3-4H2,1-2H3. The molecule has 2 nitrogen and oxygen atoms in total. The van der Waals surface area contributed by atoms with E-state index >= 15 is 0 Å². The molecule has 0 aromatic heterocycles. The number of hydrogen-bond acceptors (Lipinski definition) is 2. The molecule has 0 aliphatic rings. The molecule has 0 spiro atoms. The Morgan fingerprint density at radius 3 is 1.29 bits per heavy atom. The smallest absolute Gasteiger partial charge is 0.241 e. The fourth-order valence-electron chi connectivity index (χ4n) is 0.867. The number of hydrogen-bond donors (Lipinski definition) is 0. The molecule has 0 aliphatic heterocycles. The van der Waals surface area contributed by atoms with E-state index < -0.39 is 45.5 Å². The lowest BCUT2D eigenvalue weighted by atomic mass is 10.3. The zero-order chi connectivity index (χ0) is 14.1. The first-order chi connectivity index (χ1) is 7.30. The third-order valence-corrected chi connectivity index (χ3v) is 3.64. The van der Waals surface area contributed by atoms with Gasteiger partial charge < -0.3 is 0 Å². The van der Waals surface area contributed by atoms with Crippen LogP contribution in [0, 0.1) is 0 Å². The van der Waals surface area contributed by atoms with Crippen LogP contribution in [-0.4, -0.2) is 44.1 Å². The Hall–Kier alpha value is -0.470. The first-order valence-electron chi connectivity index (χ1n) is 4.54. The average Bonchev–Trinajstić information content (AvgIpc) is 1.98. The molecule has 0 aromatic rings. The van der Waals surface area contributed by atoms with Crippen LogP contribution in [0.5, 0.6) is 0 Å². The quantitative estimate of drug-likeness (QED) is 0.703. The zero-order valence-electron chi connectivity index (χ0n) is 9.06. The van der Waals surface area contributed by atoms with Crippen molar-refractivity contribution in [3.05, 3.63) is 0 Å². The highest BCUT2D eigenvalue weighted by molar-refractivity contribution is 7.91. The Bertz CT molecular complexity index is 321. The summed E-state index contributed by atoms with van der Waals surface area (Å²) in [4.78, 5) is 0. The zero-order valence-corrected chi connectivity index (χ0v) is 9.88. The van der Waals surface area contributed by atoms with E-state index in [0.717, 1.165) is 0 Å². The Kier molecular flexibility index (Phi) is 4.89. The topological polar surface area (TPSA) is 34.1 Å². The molecule has 0 amide bonds. The summed E-state index contributed by atoms with van der Waals surface area (Å²) in [6.07, 6.45) is -5.60. The monoisotopic (exact) mass is 286 g/mol. The Morgan fingerprint density at radius 1 is 0.882 bits per heavy atom. The van der Waals surface area contributed by atoms with Crippen LogP contribution in [0.25, 0.3) is 0 Å². The van der Waals surface area contributed by atoms with Gasteiger partial charge in [0.2, 0.25) is 0 Å². The summed E-state index contributed by atoms with van der Waals surface area (Å²) in [5.74, 6) is -12.7. The van der Waals surface area contributed by atoms with Crippen molar-refractivity contribution in [2.45, 2.75) is 38.0 Å². The fourth-order valence-corrected chi connectivity index (χ4v) is 2.60. The van der Waals surface area contributed by atoms with E-state index in [1.807, 2.05) is 0 Å². The van der Waals surface area contributed by atoms with E-state index in [9.17, 15) is 34.8 Å². The van der Waals surface area contributed by atoms with E-state index in [1.165, 1.54) is 0 Å². The van der Waals surface area contributed by atoms with Crippen molar-refractivity contribution < 1.29 is 34.8 Å². The summed E-state index contributed by atoms with van der Waals surface area (Å²) >= 11 is 0. The van der Waals surface area contributed by atoms with Crippen LogP contribution in [0.1, 0.15) is 13.8 Å². The molecule has 0 bridgehead atoms. The van der Waals surface area contributed by atoms with Crippen LogP contribution in [0.3, 0.4) is 0 Å². The molecule has 9 heteroatoms. The van der Waals surface area contributed by atoms with Crippen LogP contribution in [-0.2, 0) is 9.84 Å². The van der Waals surface area contributed by atoms with Gasteiger partial charge in [-0.15, -0.1) is 0 Å². The second kappa shape index (κ2) is 5.03. The highest BCUT2D eigenvalue weighted by atomic mass is 32.2. The third-order valence-electron chi connectivity index (χ3n) is 1.99. The summed E-state index contributed by atoms with van der Waals surface area (Å²) in [7, 11) is -4.97. The van der Waals surface area contributed by atoms with Crippen molar-refractivity contribution in [1.29, 1.82) is 0 Å². The molecule has 2 atom stereocenters. The van der Waals surface area contributed by atoms with E-state index in [2.05, 4.69) is 0 Å². The molecule has 0 aliphatic carbocycles. The third kappa shape index (κ3) is 5.13. The van der Waals surface area contributed by atoms with Crippen LogP contribution >= 0.6 is 0 Å². The van der Waals surface area contributed by atoms with E-state index in [1.54, 1.807) is 0 Å². The lowest BCUT2D eigenvalue weighted by Gasteiger charge is -2.21. The van der Waals surface area contributed by atoms with Gasteiger partial charge in [0.25, 0.3) is 11.8 Å². The predicted octanol–water partition coefficient (Wildman–Crippen LogP) is 2.39. The SMILES string of the molecule is CC(F)C(F)(F)CS(=O)(=O)CC(F)(F)C(C)F. The van der Waals surface area contributed by atoms with Gasteiger partial charge >= 0.3 is 0 Å². The second-order valence-electron chi connectivity index (χ2n) is 3.79. The van der Waals surface area contributed by atoms with Crippen molar-refractivity contribution in [1.82, 2.24) is 0 Å². The lowest BCUT2D eigenvalue weighted by molar-refractivity contribution is -0.0498. The maximum atomic E-state index is 12.7. The maximum Gasteiger partial charge on any atom is 0.292 e. The molecule has 2 unspecified atom stereocenters. The van der Waals surface area contributed by atoms with E-state index in [4.69, 9.17) is 0 Å². The molecule has 0 N–H and O–H groups in total. The normalized spacial score (nSPS) is 17.9. The van der Waals surface area contributed by atoms with Crippen LogP contribution in [0.15, 0.2) is 0 Å². The van der Waals surface area contributed by atoms with E-state index in [-0.39, 0.29) is 0 Å². The average molecular weight is 286 g/mol. The van der Waals surface area contributed by atoms with Gasteiger partial charge in [0.15, 0.2) is 22.2 Å². The van der Waals surface area contributed by atoms with Crippen molar-refractivity contribution in [3.8, 4) is 0 Å². The lowest BCUT2D eigenvalue weighted by Crippen LogP contribution is -2.42. The first kappa shape index (κ1) is 16.5. The largest absolute Gasteiger partial charge is 0.292 e. The minimum atomic E-state index is -4.97. The predicted molar refractivity (Wildman–Crippen MR) is 49.7 cm³/mol. The maximum absolute atomic E-state index is 12.7. The van der Waals surface area contributed by atoms with Crippen LogP contribution < -0.4 is 0 Å². The number of rotatable bonds is 6. The van der Waals surface area contributed by atoms with Crippen molar-refractivity contribution in [2.75, 3.05) is 11.5 Å². The van der Waals surface area contributed by atoms with E-state index in [0.29, 0.717) is 13.8 Å². The van der Waals surface area contributed by atoms with Gasteiger partial charge in [-0.1, -0.05) is 0 Å². The van der Waals surface area contributed by atoms with Gasteiger partial charge in [0.1, 0.15) is 11.5 Å². The van der Waals surface area contributed by atoms with Crippen molar-refractivity contribution in [3.63, 3.8) is 0 Å². The number of sulfone groups is 1. The fraction of sp³-hybridized carbons (Fsp3) is 1.00. The molecule has 0 radical (unpaired) electrons. The highest BCUT2D eigenvalue weighted by Gasteiger charge is 2.47. The summed E-state index contributed by atoms with van der Waals surface area (Å²) in [5.41, 5.74) is 0. The molecule has 17 heavy (non-hydrogen) atoms. The minimum Gasteiger partial charge on any atom is -0.241 e. The number of halogens is 6. The molecule has 0 aromatic carbocycles. The summed E-state index contributed by atoms with van der Waals surface area (Å²) in [5, 5.41) is 0. The molecule has 0 rings (SSSR count). The summed E-state index contributed by atoms with van der Waals surface area (Å²) in [6.45, 7) is 0.816. The van der Waals surface area contributed by atoms with Crippen molar-refractivity contribution in [2.24, 2.45) is 0 Å². The second-order valence-corrected chi connectivity index (χ2v) is 5.85. The molecule has 0 fully saturated rings. The Balaban J connectivity index is 4.85. The van der Waals surface area contributed by atoms with Gasteiger partial charge in [-0.05, 0) is 13.8 Å². The van der Waals surface area contributed by atoms with Crippen LogP contribution in [0.4, 0.5) is 26.3 Å². The molecular weight excluding hydrogens is 274 g/mol. The summed E-state index contributed by atoms with van der Waals surface area (Å²) in [6, 6.07) is 0. The Morgan fingerprint density at radius 2 is 1.12 bits per heavy atom. The van der Waals surface area contributed by atoms with Gasteiger partial charge in [-0.25, -0.2) is 34.8 Å². The molecule has 0 heterocycles. The van der Waals surface area contributed by atoms with Crippen molar-refractivity contribution >= 4 is 9.84 Å². The Labute approximate surface area is 94.9 Å². The van der Waals surface area contributed by atoms with Gasteiger partial charge in [0.05, 0.1) is 0 Å². The minimum absolute atomic E-state index is 0.408. The highest BCUT2D eigenvalue weighted by Crippen LogP contribution is 2.28.